The first-order valence-electron chi connectivity index (χ1n) is 6.77. The van der Waals surface area contributed by atoms with Crippen molar-refractivity contribution in [2.75, 3.05) is 0 Å². The van der Waals surface area contributed by atoms with Gasteiger partial charge in [-0.15, -0.1) is 0 Å². The molecule has 21 heavy (non-hydrogen) atoms. The van der Waals surface area contributed by atoms with Crippen LogP contribution in [0.5, 0.6) is 0 Å². The highest BCUT2D eigenvalue weighted by Crippen LogP contribution is 2.29. The Morgan fingerprint density at radius 2 is 1.86 bits per heavy atom. The minimum absolute atomic E-state index is 0.248. The molecule has 1 atom stereocenters. The van der Waals surface area contributed by atoms with Crippen molar-refractivity contribution in [3.63, 3.8) is 0 Å². The molecule has 1 unspecified atom stereocenters. The number of hydrogen-bond donors (Lipinski definition) is 1. The molecule has 0 aliphatic heterocycles. The van der Waals surface area contributed by atoms with E-state index in [2.05, 4.69) is 44.8 Å². The Hall–Kier alpha value is -1.79. The van der Waals surface area contributed by atoms with Crippen LogP contribution in [-0.2, 0) is 0 Å². The van der Waals surface area contributed by atoms with E-state index in [1.165, 1.54) is 0 Å². The lowest BCUT2D eigenvalue weighted by molar-refractivity contribution is 0.498. The Labute approximate surface area is 131 Å². The number of halogens is 1. The van der Waals surface area contributed by atoms with Crippen molar-refractivity contribution in [2.45, 2.75) is 25.9 Å². The quantitative estimate of drug-likeness (QED) is 0.791. The topological polar surface area (TPSA) is 69.6 Å². The highest BCUT2D eigenvalue weighted by molar-refractivity contribution is 9.10. The van der Waals surface area contributed by atoms with Crippen LogP contribution in [0.15, 0.2) is 41.3 Å². The zero-order chi connectivity index (χ0) is 15.0. The van der Waals surface area contributed by atoms with Crippen molar-refractivity contribution >= 4 is 27.0 Å². The van der Waals surface area contributed by atoms with Crippen LogP contribution in [0, 0.1) is 0 Å². The predicted octanol–water partition coefficient (Wildman–Crippen LogP) is 3.22. The molecule has 2 heterocycles. The smallest absolute Gasteiger partial charge is 0.0890 e. The largest absolute Gasteiger partial charge is 0.319 e. The van der Waals surface area contributed by atoms with Crippen LogP contribution in [0.25, 0.3) is 11.0 Å². The van der Waals surface area contributed by atoms with Crippen LogP contribution in [0.4, 0.5) is 0 Å². The van der Waals surface area contributed by atoms with Crippen molar-refractivity contribution in [2.24, 2.45) is 5.73 Å². The van der Waals surface area contributed by atoms with Crippen molar-refractivity contribution in [1.82, 2.24) is 19.7 Å². The van der Waals surface area contributed by atoms with Gasteiger partial charge < -0.3 is 5.73 Å². The molecule has 3 aromatic rings. The number of fused-ring (bicyclic) bond motifs is 1. The highest BCUT2D eigenvalue weighted by Gasteiger charge is 2.20. The van der Waals surface area contributed by atoms with Gasteiger partial charge in [-0.25, -0.2) is 0 Å². The maximum absolute atomic E-state index is 6.45. The Balaban J connectivity index is 2.08. The highest BCUT2D eigenvalue weighted by atomic mass is 79.9. The minimum atomic E-state index is -0.268. The summed E-state index contributed by atoms with van der Waals surface area (Å²) in [5, 5.41) is 4.39. The maximum Gasteiger partial charge on any atom is 0.0890 e. The summed E-state index contributed by atoms with van der Waals surface area (Å²) in [7, 11) is 0. The Morgan fingerprint density at radius 1 is 1.14 bits per heavy atom. The van der Waals surface area contributed by atoms with E-state index < -0.39 is 0 Å². The second-order valence-electron chi connectivity index (χ2n) is 5.20. The van der Waals surface area contributed by atoms with Crippen LogP contribution in [-0.4, -0.2) is 19.7 Å². The Bertz CT molecular complexity index is 781. The van der Waals surface area contributed by atoms with Crippen LogP contribution in [0.1, 0.15) is 37.2 Å². The van der Waals surface area contributed by atoms with E-state index in [4.69, 9.17) is 5.73 Å². The second kappa shape index (κ2) is 5.54. The molecule has 0 aliphatic carbocycles. The fourth-order valence-electron chi connectivity index (χ4n) is 2.38. The van der Waals surface area contributed by atoms with E-state index in [1.54, 1.807) is 18.6 Å². The van der Waals surface area contributed by atoms with Gasteiger partial charge in [0.1, 0.15) is 0 Å². The van der Waals surface area contributed by atoms with E-state index in [1.807, 2.05) is 22.9 Å². The van der Waals surface area contributed by atoms with Gasteiger partial charge in [0, 0.05) is 18.4 Å². The SMILES string of the molecule is CC(C)n1ncc(Br)c1C(N)c1ccc2nccnc2c1. The number of rotatable bonds is 3. The van der Waals surface area contributed by atoms with Gasteiger partial charge in [-0.3, -0.25) is 14.6 Å². The van der Waals surface area contributed by atoms with Gasteiger partial charge in [0.15, 0.2) is 0 Å². The lowest BCUT2D eigenvalue weighted by Crippen LogP contribution is -2.19. The predicted molar refractivity (Wildman–Crippen MR) is 85.9 cm³/mol. The number of nitrogens with zero attached hydrogens (tertiary/aromatic N) is 4. The molecule has 108 valence electrons. The van der Waals surface area contributed by atoms with E-state index in [0.29, 0.717) is 0 Å². The van der Waals surface area contributed by atoms with E-state index >= 15 is 0 Å². The zero-order valence-corrected chi connectivity index (χ0v) is 13.4. The standard InChI is InChI=1S/C15H16BrN5/c1-9(2)21-15(11(16)8-20-21)14(17)10-3-4-12-13(7-10)19-6-5-18-12/h3-9,14H,17H2,1-2H3. The molecule has 2 aromatic heterocycles. The average molecular weight is 346 g/mol. The number of benzene rings is 1. The molecule has 0 bridgehead atoms. The molecular weight excluding hydrogens is 330 g/mol. The van der Waals surface area contributed by atoms with Crippen LogP contribution >= 0.6 is 15.9 Å². The van der Waals surface area contributed by atoms with E-state index in [0.717, 1.165) is 26.8 Å². The first kappa shape index (κ1) is 14.2. The number of aromatic nitrogens is 4. The van der Waals surface area contributed by atoms with Crippen LogP contribution in [0.2, 0.25) is 0 Å². The van der Waals surface area contributed by atoms with Crippen molar-refractivity contribution in [3.8, 4) is 0 Å². The van der Waals surface area contributed by atoms with E-state index in [-0.39, 0.29) is 12.1 Å². The first-order chi connectivity index (χ1) is 10.1. The molecule has 1 aromatic carbocycles. The second-order valence-corrected chi connectivity index (χ2v) is 6.05. The summed E-state index contributed by atoms with van der Waals surface area (Å²) in [6.45, 7) is 4.17. The Kier molecular flexibility index (Phi) is 3.73. The molecule has 0 fully saturated rings. The van der Waals surface area contributed by atoms with Gasteiger partial charge in [-0.2, -0.15) is 5.10 Å². The fourth-order valence-corrected chi connectivity index (χ4v) is 2.90. The molecule has 0 spiro atoms. The summed E-state index contributed by atoms with van der Waals surface area (Å²) < 4.78 is 2.86. The van der Waals surface area contributed by atoms with Gasteiger partial charge in [-0.1, -0.05) is 6.07 Å². The zero-order valence-electron chi connectivity index (χ0n) is 11.9. The molecule has 3 rings (SSSR count). The van der Waals surface area contributed by atoms with Gasteiger partial charge in [0.2, 0.25) is 0 Å². The summed E-state index contributed by atoms with van der Waals surface area (Å²) in [5.41, 5.74) is 10.1. The molecule has 0 saturated carbocycles. The normalized spacial score (nSPS) is 13.0. The van der Waals surface area contributed by atoms with Gasteiger partial charge in [0.25, 0.3) is 0 Å². The van der Waals surface area contributed by atoms with Crippen LogP contribution < -0.4 is 5.73 Å². The van der Waals surface area contributed by atoms with Crippen molar-refractivity contribution < 1.29 is 0 Å². The lowest BCUT2D eigenvalue weighted by atomic mass is 10.0. The van der Waals surface area contributed by atoms with Gasteiger partial charge >= 0.3 is 0 Å². The summed E-state index contributed by atoms with van der Waals surface area (Å²) in [6.07, 6.45) is 5.16. The molecule has 2 N–H and O–H groups in total. The molecule has 0 amide bonds. The number of nitrogens with two attached hydrogens (primary N) is 1. The molecule has 5 nitrogen and oxygen atoms in total. The van der Waals surface area contributed by atoms with Crippen molar-refractivity contribution in [1.29, 1.82) is 0 Å². The lowest BCUT2D eigenvalue weighted by Gasteiger charge is -2.18. The minimum Gasteiger partial charge on any atom is -0.319 e. The monoisotopic (exact) mass is 345 g/mol. The molecular formula is C15H16BrN5. The maximum atomic E-state index is 6.45. The molecule has 0 radical (unpaired) electrons. The van der Waals surface area contributed by atoms with Gasteiger partial charge in [0.05, 0.1) is 33.4 Å². The number of hydrogen-bond acceptors (Lipinski definition) is 4. The van der Waals surface area contributed by atoms with Crippen molar-refractivity contribution in [3.05, 3.63) is 52.5 Å². The van der Waals surface area contributed by atoms with Gasteiger partial charge in [-0.05, 0) is 47.5 Å². The van der Waals surface area contributed by atoms with E-state index in [9.17, 15) is 0 Å². The third-order valence-corrected chi connectivity index (χ3v) is 4.03. The fraction of sp³-hybridized carbons (Fsp3) is 0.267. The third-order valence-electron chi connectivity index (χ3n) is 3.42. The third kappa shape index (κ3) is 2.56. The summed E-state index contributed by atoms with van der Waals surface area (Å²) in [5.74, 6) is 0. The summed E-state index contributed by atoms with van der Waals surface area (Å²) in [6, 6.07) is 5.90. The first-order valence-corrected chi connectivity index (χ1v) is 7.56. The average Bonchev–Trinajstić information content (AvgIpc) is 2.88. The summed E-state index contributed by atoms with van der Waals surface area (Å²) in [4.78, 5) is 8.61. The van der Waals surface area contributed by atoms with Crippen LogP contribution in [0.3, 0.4) is 0 Å². The molecule has 6 heteroatoms. The molecule has 0 saturated heterocycles. The summed E-state index contributed by atoms with van der Waals surface area (Å²) >= 11 is 3.54. The Morgan fingerprint density at radius 3 is 2.57 bits per heavy atom. The molecule has 0 aliphatic rings.